The van der Waals surface area contributed by atoms with Crippen molar-refractivity contribution >= 4 is 34.4 Å². The summed E-state index contributed by atoms with van der Waals surface area (Å²) in [5.74, 6) is 1.51. The number of hydrogen-bond acceptors (Lipinski definition) is 3. The highest BCUT2D eigenvalue weighted by Crippen LogP contribution is 2.47. The Bertz CT molecular complexity index is 500. The molecule has 0 aromatic heterocycles. The van der Waals surface area contributed by atoms with Crippen molar-refractivity contribution < 1.29 is 4.79 Å². The van der Waals surface area contributed by atoms with Crippen LogP contribution in [0.25, 0.3) is 0 Å². The third kappa shape index (κ3) is 2.54. The number of nitrogens with zero attached hydrogens (tertiary/aromatic N) is 1. The predicted octanol–water partition coefficient (Wildman–Crippen LogP) is 2.66. The molecule has 1 amide bonds. The van der Waals surface area contributed by atoms with E-state index in [0.29, 0.717) is 5.92 Å². The largest absolute Gasteiger partial charge is 0.305 e. The number of thioether (sulfide) groups is 1. The minimum Gasteiger partial charge on any atom is -0.305 e. The molecule has 2 unspecified atom stereocenters. The molecule has 5 heteroatoms. The van der Waals surface area contributed by atoms with Crippen LogP contribution in [0.1, 0.15) is 17.9 Å². The Kier molecular flexibility index (Phi) is 3.31. The summed E-state index contributed by atoms with van der Waals surface area (Å²) in [4.78, 5) is 16.2. The summed E-state index contributed by atoms with van der Waals surface area (Å²) in [5.41, 5.74) is 1.19. The van der Waals surface area contributed by atoms with Gasteiger partial charge in [0, 0.05) is 16.7 Å². The zero-order chi connectivity index (χ0) is 12.5. The Morgan fingerprint density at radius 2 is 2.17 bits per heavy atom. The first kappa shape index (κ1) is 12.1. The second kappa shape index (κ2) is 4.94. The van der Waals surface area contributed by atoms with E-state index in [2.05, 4.69) is 10.3 Å². The molecule has 0 bridgehead atoms. The molecule has 94 valence electrons. The Balaban J connectivity index is 1.60. The molecular formula is C13H13ClN2OS. The Morgan fingerprint density at radius 3 is 2.83 bits per heavy atom. The van der Waals surface area contributed by atoms with E-state index in [4.69, 9.17) is 11.6 Å². The maximum atomic E-state index is 12.0. The van der Waals surface area contributed by atoms with Crippen molar-refractivity contribution in [2.24, 2.45) is 10.9 Å². The standard InChI is InChI=1S/C13H13ClN2OS/c14-9-3-1-8(2-4-9)10-7-11(10)12(17)16-13-15-5-6-18-13/h1-4,10-11H,5-7H2,(H,15,16,17). The second-order valence-corrected chi connectivity index (χ2v) is 6.04. The van der Waals surface area contributed by atoms with E-state index >= 15 is 0 Å². The number of carbonyl (C=O) groups is 1. The average molecular weight is 281 g/mol. The first-order valence-electron chi connectivity index (χ1n) is 5.97. The van der Waals surface area contributed by atoms with Crippen molar-refractivity contribution in [3.05, 3.63) is 34.9 Å². The van der Waals surface area contributed by atoms with Crippen molar-refractivity contribution in [2.75, 3.05) is 12.3 Å². The van der Waals surface area contributed by atoms with Gasteiger partial charge in [-0.05, 0) is 30.0 Å². The zero-order valence-electron chi connectivity index (χ0n) is 9.73. The molecule has 0 spiro atoms. The van der Waals surface area contributed by atoms with E-state index in [1.54, 1.807) is 11.8 Å². The molecule has 1 saturated carbocycles. The van der Waals surface area contributed by atoms with E-state index in [1.807, 2.05) is 24.3 Å². The summed E-state index contributed by atoms with van der Waals surface area (Å²) >= 11 is 7.47. The summed E-state index contributed by atoms with van der Waals surface area (Å²) in [7, 11) is 0. The van der Waals surface area contributed by atoms with E-state index in [1.165, 1.54) is 5.56 Å². The lowest BCUT2D eigenvalue weighted by Crippen LogP contribution is -2.29. The highest BCUT2D eigenvalue weighted by atomic mass is 35.5. The summed E-state index contributed by atoms with van der Waals surface area (Å²) in [5, 5.41) is 4.41. The average Bonchev–Trinajstić information content (AvgIpc) is 3.01. The lowest BCUT2D eigenvalue weighted by atomic mass is 10.1. The number of halogens is 1. The number of nitrogens with one attached hydrogen (secondary N) is 1. The Morgan fingerprint density at radius 1 is 1.39 bits per heavy atom. The van der Waals surface area contributed by atoms with Crippen LogP contribution in [0.3, 0.4) is 0 Å². The number of hydrogen-bond donors (Lipinski definition) is 1. The Labute approximate surface area is 115 Å². The zero-order valence-corrected chi connectivity index (χ0v) is 11.3. The molecule has 1 fully saturated rings. The predicted molar refractivity (Wildman–Crippen MR) is 75.2 cm³/mol. The van der Waals surface area contributed by atoms with Crippen molar-refractivity contribution in [1.82, 2.24) is 5.32 Å². The van der Waals surface area contributed by atoms with Gasteiger partial charge in [0.05, 0.1) is 6.54 Å². The van der Waals surface area contributed by atoms with Crippen LogP contribution in [0.15, 0.2) is 29.3 Å². The van der Waals surface area contributed by atoms with E-state index in [9.17, 15) is 4.79 Å². The topological polar surface area (TPSA) is 41.5 Å². The summed E-state index contributed by atoms with van der Waals surface area (Å²) in [6.07, 6.45) is 0.922. The van der Waals surface area contributed by atoms with Gasteiger partial charge in [-0.2, -0.15) is 0 Å². The van der Waals surface area contributed by atoms with Gasteiger partial charge in [0.2, 0.25) is 5.91 Å². The van der Waals surface area contributed by atoms with Gasteiger partial charge in [-0.3, -0.25) is 9.79 Å². The highest BCUT2D eigenvalue weighted by molar-refractivity contribution is 8.14. The van der Waals surface area contributed by atoms with Crippen LogP contribution in [0.5, 0.6) is 0 Å². The fraction of sp³-hybridized carbons (Fsp3) is 0.385. The molecule has 1 heterocycles. The van der Waals surface area contributed by atoms with Gasteiger partial charge in [0.1, 0.15) is 0 Å². The van der Waals surface area contributed by atoms with Gasteiger partial charge in [0.15, 0.2) is 5.17 Å². The van der Waals surface area contributed by atoms with Gasteiger partial charge in [-0.1, -0.05) is 35.5 Å². The maximum absolute atomic E-state index is 12.0. The molecule has 2 aliphatic rings. The maximum Gasteiger partial charge on any atom is 0.229 e. The van der Waals surface area contributed by atoms with Gasteiger partial charge in [-0.15, -0.1) is 0 Å². The molecule has 1 aromatic carbocycles. The van der Waals surface area contributed by atoms with Crippen molar-refractivity contribution in [3.63, 3.8) is 0 Å². The molecule has 1 aliphatic carbocycles. The van der Waals surface area contributed by atoms with Gasteiger partial charge in [0.25, 0.3) is 0 Å². The fourth-order valence-corrected chi connectivity index (χ4v) is 3.03. The Hall–Kier alpha value is -1.00. The van der Waals surface area contributed by atoms with Gasteiger partial charge in [-0.25, -0.2) is 0 Å². The number of carbonyl (C=O) groups excluding carboxylic acids is 1. The molecular weight excluding hydrogens is 268 g/mol. The number of aliphatic imine (C=N–C) groups is 1. The molecule has 18 heavy (non-hydrogen) atoms. The lowest BCUT2D eigenvalue weighted by Gasteiger charge is -2.03. The first-order valence-corrected chi connectivity index (χ1v) is 7.34. The van der Waals surface area contributed by atoms with Crippen LogP contribution < -0.4 is 5.32 Å². The van der Waals surface area contributed by atoms with E-state index < -0.39 is 0 Å². The van der Waals surface area contributed by atoms with Crippen LogP contribution in [0.4, 0.5) is 0 Å². The van der Waals surface area contributed by atoms with E-state index in [0.717, 1.165) is 28.9 Å². The first-order chi connectivity index (χ1) is 8.74. The normalized spacial score (nSPS) is 25.7. The lowest BCUT2D eigenvalue weighted by molar-refractivity contribution is -0.120. The molecule has 1 aliphatic heterocycles. The molecule has 3 nitrogen and oxygen atoms in total. The van der Waals surface area contributed by atoms with Crippen LogP contribution >= 0.6 is 23.4 Å². The third-order valence-electron chi connectivity index (χ3n) is 3.24. The monoisotopic (exact) mass is 280 g/mol. The summed E-state index contributed by atoms with van der Waals surface area (Å²) in [6.45, 7) is 0.811. The van der Waals surface area contributed by atoms with Crippen LogP contribution in [-0.4, -0.2) is 23.4 Å². The van der Waals surface area contributed by atoms with Gasteiger partial charge >= 0.3 is 0 Å². The summed E-state index contributed by atoms with van der Waals surface area (Å²) < 4.78 is 0. The van der Waals surface area contributed by atoms with E-state index in [-0.39, 0.29) is 11.8 Å². The smallest absolute Gasteiger partial charge is 0.229 e. The SMILES string of the molecule is O=C(NC1=NCCS1)C1CC1c1ccc(Cl)cc1. The van der Waals surface area contributed by atoms with Crippen LogP contribution in [0, 0.1) is 5.92 Å². The highest BCUT2D eigenvalue weighted by Gasteiger charge is 2.44. The van der Waals surface area contributed by atoms with Gasteiger partial charge < -0.3 is 5.32 Å². The third-order valence-corrected chi connectivity index (χ3v) is 4.38. The molecule has 0 radical (unpaired) electrons. The van der Waals surface area contributed by atoms with Crippen molar-refractivity contribution in [1.29, 1.82) is 0 Å². The van der Waals surface area contributed by atoms with Crippen LogP contribution in [0.2, 0.25) is 5.02 Å². The number of benzene rings is 1. The number of rotatable bonds is 2. The fourth-order valence-electron chi connectivity index (χ4n) is 2.17. The summed E-state index contributed by atoms with van der Waals surface area (Å²) in [6, 6.07) is 7.76. The number of amides is 1. The van der Waals surface area contributed by atoms with Crippen LogP contribution in [-0.2, 0) is 4.79 Å². The number of amidine groups is 1. The minimum absolute atomic E-state index is 0.0927. The van der Waals surface area contributed by atoms with Crippen molar-refractivity contribution in [2.45, 2.75) is 12.3 Å². The molecule has 2 atom stereocenters. The minimum atomic E-state index is 0.0927. The second-order valence-electron chi connectivity index (χ2n) is 4.52. The van der Waals surface area contributed by atoms with Crippen molar-refractivity contribution in [3.8, 4) is 0 Å². The molecule has 1 N–H and O–H groups in total. The molecule has 1 aromatic rings. The molecule has 0 saturated heterocycles. The quantitative estimate of drug-likeness (QED) is 0.905. The molecule has 3 rings (SSSR count).